The van der Waals surface area contributed by atoms with E-state index in [4.69, 9.17) is 4.74 Å². The summed E-state index contributed by atoms with van der Waals surface area (Å²) in [7, 11) is 1.57. The van der Waals surface area contributed by atoms with Gasteiger partial charge in [0, 0.05) is 13.1 Å². The van der Waals surface area contributed by atoms with Gasteiger partial charge in [-0.15, -0.1) is 11.3 Å². The van der Waals surface area contributed by atoms with E-state index in [-0.39, 0.29) is 19.0 Å². The van der Waals surface area contributed by atoms with Crippen LogP contribution in [0.4, 0.5) is 4.79 Å². The molecule has 1 aromatic carbocycles. The summed E-state index contributed by atoms with van der Waals surface area (Å²) in [6.45, 7) is 0.231. The maximum atomic E-state index is 12.1. The quantitative estimate of drug-likeness (QED) is 0.754. The number of carboxylic acid groups (broad SMARTS) is 1. The molecule has 2 amide bonds. The number of rotatable bonds is 6. The van der Waals surface area contributed by atoms with Crippen LogP contribution in [0.15, 0.2) is 29.8 Å². The van der Waals surface area contributed by atoms with Crippen molar-refractivity contribution < 1.29 is 19.4 Å². The smallest absolute Gasteiger partial charge is 0.271 e. The van der Waals surface area contributed by atoms with Crippen LogP contribution in [0.2, 0.25) is 0 Å². The Hall–Kier alpha value is -2.61. The monoisotopic (exact) mass is 320 g/mol. The first kappa shape index (κ1) is 15.8. The number of hydrogen-bond acceptors (Lipinski definition) is 6. The molecule has 1 aromatic heterocycles. The van der Waals surface area contributed by atoms with Gasteiger partial charge in [-0.3, -0.25) is 4.79 Å². The lowest BCUT2D eigenvalue weighted by atomic mass is 10.1. The van der Waals surface area contributed by atoms with Crippen LogP contribution in [0.1, 0.15) is 10.5 Å². The summed E-state index contributed by atoms with van der Waals surface area (Å²) in [5.74, 6) is 0.328. The summed E-state index contributed by atoms with van der Waals surface area (Å²) in [5, 5.41) is 14.9. The number of benzene rings is 1. The predicted molar refractivity (Wildman–Crippen MR) is 79.8 cm³/mol. The van der Waals surface area contributed by atoms with Crippen LogP contribution in [0, 0.1) is 0 Å². The van der Waals surface area contributed by atoms with E-state index in [9.17, 15) is 14.7 Å². The number of amides is 2. The standard InChI is InChI=1S/C14H15N3O4S/c1-21-10-4-2-3-9(7-10)12-11(17-8-22-12)13(18)15-5-6-16-14(19)20/h2-4,7-8,16H,5-6H2,1H3,(H,15,18)(H,19,20)/p-1. The molecule has 0 aliphatic rings. The molecule has 8 heteroatoms. The molecule has 22 heavy (non-hydrogen) atoms. The van der Waals surface area contributed by atoms with Crippen LogP contribution in [0.25, 0.3) is 10.4 Å². The normalized spacial score (nSPS) is 10.0. The number of thiazole rings is 1. The van der Waals surface area contributed by atoms with Crippen LogP contribution in [0.5, 0.6) is 5.75 Å². The maximum Gasteiger partial charge on any atom is 0.271 e. The number of methoxy groups -OCH3 is 1. The van der Waals surface area contributed by atoms with Crippen LogP contribution in [-0.2, 0) is 0 Å². The summed E-state index contributed by atoms with van der Waals surface area (Å²) >= 11 is 1.35. The molecule has 0 aliphatic heterocycles. The van der Waals surface area contributed by atoms with Gasteiger partial charge in [-0.2, -0.15) is 0 Å². The number of hydrogen-bond donors (Lipinski definition) is 2. The summed E-state index contributed by atoms with van der Waals surface area (Å²) in [5.41, 5.74) is 2.72. The molecule has 0 bridgehead atoms. The van der Waals surface area contributed by atoms with Crippen molar-refractivity contribution in [1.82, 2.24) is 15.6 Å². The van der Waals surface area contributed by atoms with Crippen molar-refractivity contribution >= 4 is 23.3 Å². The van der Waals surface area contributed by atoms with Gasteiger partial charge in [0.1, 0.15) is 17.5 Å². The van der Waals surface area contributed by atoms with E-state index in [1.165, 1.54) is 11.3 Å². The van der Waals surface area contributed by atoms with Crippen LogP contribution in [0.3, 0.4) is 0 Å². The molecule has 0 aliphatic carbocycles. The summed E-state index contributed by atoms with van der Waals surface area (Å²) in [4.78, 5) is 27.1. The summed E-state index contributed by atoms with van der Waals surface area (Å²) in [6, 6.07) is 7.33. The number of aromatic nitrogens is 1. The molecule has 2 N–H and O–H groups in total. The van der Waals surface area contributed by atoms with Crippen molar-refractivity contribution in [2.75, 3.05) is 20.2 Å². The zero-order chi connectivity index (χ0) is 15.9. The molecule has 0 saturated carbocycles. The Morgan fingerprint density at radius 3 is 2.82 bits per heavy atom. The second-order valence-electron chi connectivity index (χ2n) is 4.23. The van der Waals surface area contributed by atoms with E-state index in [1.807, 2.05) is 24.3 Å². The Balaban J connectivity index is 2.08. The summed E-state index contributed by atoms with van der Waals surface area (Å²) in [6.07, 6.45) is -1.38. The lowest BCUT2D eigenvalue weighted by molar-refractivity contribution is -0.250. The Bertz CT molecular complexity index is 672. The highest BCUT2D eigenvalue weighted by atomic mass is 32.1. The molecular formula is C14H14N3O4S-. The van der Waals surface area contributed by atoms with Crippen molar-refractivity contribution in [3.63, 3.8) is 0 Å². The van der Waals surface area contributed by atoms with Gasteiger partial charge in [0.2, 0.25) is 0 Å². The van der Waals surface area contributed by atoms with Gasteiger partial charge >= 0.3 is 0 Å². The lowest BCUT2D eigenvalue weighted by Gasteiger charge is -2.08. The molecule has 2 aromatic rings. The Morgan fingerprint density at radius 2 is 2.09 bits per heavy atom. The maximum absolute atomic E-state index is 12.1. The Kier molecular flexibility index (Phi) is 5.31. The minimum Gasteiger partial charge on any atom is -0.530 e. The third-order valence-corrected chi connectivity index (χ3v) is 3.67. The third kappa shape index (κ3) is 3.95. The number of carbonyl (C=O) groups excluding carboxylic acids is 2. The van der Waals surface area contributed by atoms with E-state index in [1.54, 1.807) is 12.6 Å². The minimum atomic E-state index is -1.38. The number of nitrogens with zero attached hydrogens (tertiary/aromatic N) is 1. The van der Waals surface area contributed by atoms with Gasteiger partial charge in [0.15, 0.2) is 0 Å². The Labute approximate surface area is 131 Å². The van der Waals surface area contributed by atoms with Gasteiger partial charge in [0.05, 0.1) is 17.5 Å². The van der Waals surface area contributed by atoms with E-state index < -0.39 is 6.09 Å². The zero-order valence-electron chi connectivity index (χ0n) is 11.8. The number of carbonyl (C=O) groups is 2. The lowest BCUT2D eigenvalue weighted by Crippen LogP contribution is -2.41. The fraction of sp³-hybridized carbons (Fsp3) is 0.214. The molecule has 2 rings (SSSR count). The van der Waals surface area contributed by atoms with Crippen molar-refractivity contribution in [2.45, 2.75) is 0 Å². The van der Waals surface area contributed by atoms with Gasteiger partial charge in [-0.25, -0.2) is 4.98 Å². The number of ether oxygens (including phenoxy) is 1. The molecule has 0 spiro atoms. The van der Waals surface area contributed by atoms with Crippen LogP contribution < -0.4 is 20.5 Å². The molecule has 0 unspecified atom stereocenters. The molecular weight excluding hydrogens is 306 g/mol. The molecule has 1 heterocycles. The molecule has 7 nitrogen and oxygen atoms in total. The largest absolute Gasteiger partial charge is 0.530 e. The first-order chi connectivity index (χ1) is 10.6. The van der Waals surface area contributed by atoms with Gasteiger partial charge in [-0.1, -0.05) is 12.1 Å². The van der Waals surface area contributed by atoms with E-state index >= 15 is 0 Å². The fourth-order valence-electron chi connectivity index (χ4n) is 1.80. The van der Waals surface area contributed by atoms with Gasteiger partial charge < -0.3 is 25.3 Å². The van der Waals surface area contributed by atoms with E-state index in [2.05, 4.69) is 15.6 Å². The molecule has 116 valence electrons. The SMILES string of the molecule is COc1cccc(-c2scnc2C(=O)NCCNC(=O)[O-])c1. The molecule has 0 fully saturated rings. The van der Waals surface area contributed by atoms with E-state index in [0.29, 0.717) is 11.4 Å². The van der Waals surface area contributed by atoms with E-state index in [0.717, 1.165) is 10.4 Å². The van der Waals surface area contributed by atoms with Crippen molar-refractivity contribution in [2.24, 2.45) is 0 Å². The molecule has 0 saturated heterocycles. The van der Waals surface area contributed by atoms with Crippen LogP contribution >= 0.6 is 11.3 Å². The summed E-state index contributed by atoms with van der Waals surface area (Å²) < 4.78 is 5.17. The topological polar surface area (TPSA) is 103 Å². The van der Waals surface area contributed by atoms with Gasteiger partial charge in [0.25, 0.3) is 5.91 Å². The number of nitrogens with one attached hydrogen (secondary N) is 2. The average molecular weight is 320 g/mol. The van der Waals surface area contributed by atoms with Gasteiger partial charge in [-0.05, 0) is 17.7 Å². The highest BCUT2D eigenvalue weighted by Gasteiger charge is 2.16. The second kappa shape index (κ2) is 7.41. The predicted octanol–water partition coefficient (Wildman–Crippen LogP) is 0.481. The highest BCUT2D eigenvalue weighted by Crippen LogP contribution is 2.30. The molecule has 0 radical (unpaired) electrons. The zero-order valence-corrected chi connectivity index (χ0v) is 12.6. The minimum absolute atomic E-state index is 0.0761. The first-order valence-electron chi connectivity index (χ1n) is 6.42. The first-order valence-corrected chi connectivity index (χ1v) is 7.30. The van der Waals surface area contributed by atoms with Crippen molar-refractivity contribution in [3.05, 3.63) is 35.5 Å². The molecule has 0 atom stereocenters. The van der Waals surface area contributed by atoms with Crippen molar-refractivity contribution in [1.29, 1.82) is 0 Å². The average Bonchev–Trinajstić information content (AvgIpc) is 3.01. The van der Waals surface area contributed by atoms with Crippen LogP contribution in [-0.4, -0.2) is 37.2 Å². The third-order valence-electron chi connectivity index (χ3n) is 2.79. The second-order valence-corrected chi connectivity index (χ2v) is 5.09. The Morgan fingerprint density at radius 1 is 1.32 bits per heavy atom. The van der Waals surface area contributed by atoms with Crippen molar-refractivity contribution in [3.8, 4) is 16.2 Å². The highest BCUT2D eigenvalue weighted by molar-refractivity contribution is 7.13. The fourth-order valence-corrected chi connectivity index (χ4v) is 2.58.